The van der Waals surface area contributed by atoms with Crippen LogP contribution in [-0.2, 0) is 0 Å². The van der Waals surface area contributed by atoms with E-state index in [-0.39, 0.29) is 6.10 Å². The molecule has 0 spiro atoms. The molecule has 1 atom stereocenters. The van der Waals surface area contributed by atoms with E-state index in [2.05, 4.69) is 31.4 Å². The monoisotopic (exact) mass is 217 g/mol. The van der Waals surface area contributed by atoms with Gasteiger partial charge in [0.1, 0.15) is 0 Å². The van der Waals surface area contributed by atoms with Crippen LogP contribution >= 0.6 is 12.6 Å². The normalized spacial score (nSPS) is 24.4. The maximum Gasteiger partial charge on any atom is 0.0679 e. The van der Waals surface area contributed by atoms with Crippen molar-refractivity contribution < 1.29 is 5.11 Å². The molecule has 1 rings (SSSR count). The van der Waals surface area contributed by atoms with E-state index in [1.807, 2.05) is 0 Å². The van der Waals surface area contributed by atoms with Gasteiger partial charge >= 0.3 is 0 Å². The molecule has 1 N–H and O–H groups in total. The summed E-state index contributed by atoms with van der Waals surface area (Å²) in [6.45, 7) is 7.49. The molecular weight excluding hydrogens is 194 g/mol. The molecule has 0 amide bonds. The Hall–Kier alpha value is 0.270. The maximum atomic E-state index is 9.45. The average Bonchev–Trinajstić information content (AvgIpc) is 2.61. The number of aliphatic hydroxyl groups is 1. The highest BCUT2D eigenvalue weighted by atomic mass is 32.1. The van der Waals surface area contributed by atoms with Crippen molar-refractivity contribution >= 4 is 12.6 Å². The zero-order valence-electron chi connectivity index (χ0n) is 9.37. The van der Waals surface area contributed by atoms with Crippen LogP contribution in [0.15, 0.2) is 0 Å². The largest absolute Gasteiger partial charge is 0.392 e. The minimum Gasteiger partial charge on any atom is -0.392 e. The molecule has 0 aliphatic carbocycles. The molecule has 14 heavy (non-hydrogen) atoms. The molecule has 1 fully saturated rings. The summed E-state index contributed by atoms with van der Waals surface area (Å²) >= 11 is 4.47. The number of aliphatic hydroxyl groups excluding tert-OH is 1. The third-order valence-electron chi connectivity index (χ3n) is 3.64. The Bertz CT molecular complexity index is 162. The molecule has 1 aliphatic rings. The minimum atomic E-state index is -0.0960. The fourth-order valence-electron chi connectivity index (χ4n) is 2.18. The highest BCUT2D eigenvalue weighted by molar-refractivity contribution is 7.80. The topological polar surface area (TPSA) is 23.5 Å². The molecule has 0 saturated carbocycles. The lowest BCUT2D eigenvalue weighted by Crippen LogP contribution is -2.37. The van der Waals surface area contributed by atoms with E-state index in [1.54, 1.807) is 0 Å². The van der Waals surface area contributed by atoms with Crippen molar-refractivity contribution in [3.63, 3.8) is 0 Å². The van der Waals surface area contributed by atoms with Crippen LogP contribution in [0, 0.1) is 5.41 Å². The zero-order chi connectivity index (χ0) is 10.6. The molecule has 1 aliphatic heterocycles. The van der Waals surface area contributed by atoms with Crippen LogP contribution in [0.3, 0.4) is 0 Å². The number of likely N-dealkylation sites (tertiary alicyclic amines) is 1. The second-order valence-electron chi connectivity index (χ2n) is 4.54. The van der Waals surface area contributed by atoms with Crippen molar-refractivity contribution in [2.45, 2.75) is 39.2 Å². The standard InChI is InChI=1S/C11H23NOS/c1-3-11(4-2,9-14)8-12-6-5-10(13)7-12/h10,13-14H,3-9H2,1-2H3. The lowest BCUT2D eigenvalue weighted by atomic mass is 9.84. The van der Waals surface area contributed by atoms with Crippen LogP contribution in [0.5, 0.6) is 0 Å². The summed E-state index contributed by atoms with van der Waals surface area (Å²) in [6.07, 6.45) is 3.20. The highest BCUT2D eigenvalue weighted by Gasteiger charge is 2.30. The number of rotatable bonds is 5. The molecule has 0 aromatic heterocycles. The van der Waals surface area contributed by atoms with Gasteiger partial charge in [-0.25, -0.2) is 0 Å². The van der Waals surface area contributed by atoms with Crippen molar-refractivity contribution in [3.05, 3.63) is 0 Å². The zero-order valence-corrected chi connectivity index (χ0v) is 10.3. The van der Waals surface area contributed by atoms with Crippen LogP contribution in [0.2, 0.25) is 0 Å². The van der Waals surface area contributed by atoms with E-state index in [1.165, 1.54) is 12.8 Å². The summed E-state index contributed by atoms with van der Waals surface area (Å²) < 4.78 is 0. The summed E-state index contributed by atoms with van der Waals surface area (Å²) in [5.41, 5.74) is 0.354. The van der Waals surface area contributed by atoms with E-state index >= 15 is 0 Å². The van der Waals surface area contributed by atoms with Gasteiger partial charge in [0.2, 0.25) is 0 Å². The Morgan fingerprint density at radius 3 is 2.43 bits per heavy atom. The van der Waals surface area contributed by atoms with Crippen molar-refractivity contribution in [2.75, 3.05) is 25.4 Å². The molecule has 2 nitrogen and oxygen atoms in total. The number of hydrogen-bond donors (Lipinski definition) is 2. The van der Waals surface area contributed by atoms with Crippen molar-refractivity contribution in [3.8, 4) is 0 Å². The van der Waals surface area contributed by atoms with Crippen LogP contribution < -0.4 is 0 Å². The lowest BCUT2D eigenvalue weighted by molar-refractivity contribution is 0.145. The van der Waals surface area contributed by atoms with Gasteiger partial charge in [-0.2, -0.15) is 12.6 Å². The van der Waals surface area contributed by atoms with E-state index in [4.69, 9.17) is 0 Å². The van der Waals surface area contributed by atoms with Gasteiger partial charge in [0.25, 0.3) is 0 Å². The Morgan fingerprint density at radius 2 is 2.07 bits per heavy atom. The highest BCUT2D eigenvalue weighted by Crippen LogP contribution is 2.30. The fraction of sp³-hybridized carbons (Fsp3) is 1.00. The van der Waals surface area contributed by atoms with Crippen LogP contribution in [0.25, 0.3) is 0 Å². The van der Waals surface area contributed by atoms with Gasteiger partial charge in [0.15, 0.2) is 0 Å². The molecule has 0 radical (unpaired) electrons. The number of thiol groups is 1. The van der Waals surface area contributed by atoms with Crippen molar-refractivity contribution in [1.29, 1.82) is 0 Å². The van der Waals surface area contributed by atoms with Crippen LogP contribution in [0.1, 0.15) is 33.1 Å². The summed E-state index contributed by atoms with van der Waals surface area (Å²) in [5.74, 6) is 0.951. The summed E-state index contributed by atoms with van der Waals surface area (Å²) in [5, 5.41) is 9.45. The van der Waals surface area contributed by atoms with Gasteiger partial charge in [0.05, 0.1) is 6.10 Å². The quantitative estimate of drug-likeness (QED) is 0.686. The number of nitrogens with zero attached hydrogens (tertiary/aromatic N) is 1. The van der Waals surface area contributed by atoms with Gasteiger partial charge < -0.3 is 10.0 Å². The number of β-amino-alcohol motifs (C(OH)–C–C–N with tert-alkyl or cyclic N) is 1. The molecular formula is C11H23NOS. The molecule has 1 unspecified atom stereocenters. The summed E-state index contributed by atoms with van der Waals surface area (Å²) in [4.78, 5) is 2.38. The fourth-order valence-corrected chi connectivity index (χ4v) is 2.72. The Balaban J connectivity index is 2.47. The minimum absolute atomic E-state index is 0.0960. The summed E-state index contributed by atoms with van der Waals surface area (Å²) in [6, 6.07) is 0. The Kier molecular flexibility index (Phi) is 4.74. The van der Waals surface area contributed by atoms with Gasteiger partial charge in [-0.1, -0.05) is 13.8 Å². The average molecular weight is 217 g/mol. The SMILES string of the molecule is CCC(CC)(CS)CN1CCC(O)C1. The Morgan fingerprint density at radius 1 is 1.43 bits per heavy atom. The smallest absolute Gasteiger partial charge is 0.0679 e. The van der Waals surface area contributed by atoms with Gasteiger partial charge in [-0.05, 0) is 30.4 Å². The third kappa shape index (κ3) is 2.88. The molecule has 84 valence electrons. The van der Waals surface area contributed by atoms with Gasteiger partial charge in [-0.15, -0.1) is 0 Å². The second kappa shape index (κ2) is 5.38. The van der Waals surface area contributed by atoms with Crippen molar-refractivity contribution in [2.24, 2.45) is 5.41 Å². The molecule has 0 aromatic rings. The molecule has 0 aromatic carbocycles. The van der Waals surface area contributed by atoms with E-state index in [9.17, 15) is 5.11 Å². The number of hydrogen-bond acceptors (Lipinski definition) is 3. The second-order valence-corrected chi connectivity index (χ2v) is 4.86. The van der Waals surface area contributed by atoms with E-state index in [0.717, 1.165) is 31.8 Å². The van der Waals surface area contributed by atoms with Gasteiger partial charge in [0, 0.05) is 19.6 Å². The van der Waals surface area contributed by atoms with Gasteiger partial charge in [-0.3, -0.25) is 0 Å². The van der Waals surface area contributed by atoms with Crippen LogP contribution in [0.4, 0.5) is 0 Å². The first kappa shape index (κ1) is 12.3. The Labute approximate surface area is 93.1 Å². The molecule has 0 bridgehead atoms. The van der Waals surface area contributed by atoms with Crippen LogP contribution in [-0.4, -0.2) is 41.5 Å². The first-order chi connectivity index (χ1) is 6.65. The molecule has 3 heteroatoms. The first-order valence-electron chi connectivity index (χ1n) is 5.67. The first-order valence-corrected chi connectivity index (χ1v) is 6.30. The molecule has 1 heterocycles. The predicted octanol–water partition coefficient (Wildman–Crippen LogP) is 1.79. The van der Waals surface area contributed by atoms with Crippen molar-refractivity contribution in [1.82, 2.24) is 4.90 Å². The van der Waals surface area contributed by atoms with E-state index in [0.29, 0.717) is 5.41 Å². The lowest BCUT2D eigenvalue weighted by Gasteiger charge is -2.34. The third-order valence-corrected chi connectivity index (χ3v) is 4.31. The van der Waals surface area contributed by atoms with E-state index < -0.39 is 0 Å². The molecule has 1 saturated heterocycles. The predicted molar refractivity (Wildman–Crippen MR) is 63.9 cm³/mol. The maximum absolute atomic E-state index is 9.45. The summed E-state index contributed by atoms with van der Waals surface area (Å²) in [7, 11) is 0.